The SMILES string of the molecule is C=C(C)CN=C(N)NCCC1(O)CCC1.I. The molecule has 1 rings (SSSR count). The monoisotopic (exact) mass is 339 g/mol. The van der Waals surface area contributed by atoms with Crippen LogP contribution in [-0.4, -0.2) is 29.8 Å². The number of rotatable bonds is 5. The van der Waals surface area contributed by atoms with Crippen molar-refractivity contribution in [1.82, 2.24) is 5.32 Å². The summed E-state index contributed by atoms with van der Waals surface area (Å²) in [6.07, 6.45) is 3.71. The van der Waals surface area contributed by atoms with Crippen LogP contribution in [0.4, 0.5) is 0 Å². The summed E-state index contributed by atoms with van der Waals surface area (Å²) in [6.45, 7) is 6.89. The summed E-state index contributed by atoms with van der Waals surface area (Å²) in [4.78, 5) is 4.09. The van der Waals surface area contributed by atoms with Crippen molar-refractivity contribution < 1.29 is 5.11 Å². The summed E-state index contributed by atoms with van der Waals surface area (Å²) in [5.41, 5.74) is 6.17. The minimum absolute atomic E-state index is 0. The van der Waals surface area contributed by atoms with Gasteiger partial charge in [-0.15, -0.1) is 24.0 Å². The van der Waals surface area contributed by atoms with Crippen LogP contribution >= 0.6 is 24.0 Å². The molecule has 0 unspecified atom stereocenters. The van der Waals surface area contributed by atoms with Gasteiger partial charge in [-0.3, -0.25) is 0 Å². The predicted molar refractivity (Wildman–Crippen MR) is 78.1 cm³/mol. The molecule has 4 nitrogen and oxygen atoms in total. The standard InChI is InChI=1S/C11H21N3O.HI/c1-9(2)8-14-10(12)13-7-6-11(15)4-3-5-11;/h15H,1,3-8H2,2H3,(H3,12,13,14);1H. The second-order valence-electron chi connectivity index (χ2n) is 4.41. The highest BCUT2D eigenvalue weighted by atomic mass is 127. The van der Waals surface area contributed by atoms with Gasteiger partial charge >= 0.3 is 0 Å². The summed E-state index contributed by atoms with van der Waals surface area (Å²) in [5, 5.41) is 12.8. The van der Waals surface area contributed by atoms with Crippen molar-refractivity contribution in [2.75, 3.05) is 13.1 Å². The van der Waals surface area contributed by atoms with E-state index < -0.39 is 5.60 Å². The lowest BCUT2D eigenvalue weighted by atomic mass is 9.78. The topological polar surface area (TPSA) is 70.6 Å². The van der Waals surface area contributed by atoms with Crippen LogP contribution in [0, 0.1) is 0 Å². The van der Waals surface area contributed by atoms with Crippen molar-refractivity contribution in [3.63, 3.8) is 0 Å². The molecule has 0 amide bonds. The van der Waals surface area contributed by atoms with Crippen LogP contribution in [0.3, 0.4) is 0 Å². The average Bonchev–Trinajstić information content (AvgIpc) is 2.12. The van der Waals surface area contributed by atoms with E-state index in [2.05, 4.69) is 16.9 Å². The van der Waals surface area contributed by atoms with Gasteiger partial charge in [0.25, 0.3) is 0 Å². The van der Waals surface area contributed by atoms with Crippen molar-refractivity contribution in [2.45, 2.75) is 38.2 Å². The molecule has 0 heterocycles. The molecular weight excluding hydrogens is 317 g/mol. The molecule has 0 atom stereocenters. The number of nitrogens with two attached hydrogens (primary N) is 1. The zero-order valence-electron chi connectivity index (χ0n) is 9.83. The van der Waals surface area contributed by atoms with E-state index in [4.69, 9.17) is 5.73 Å². The van der Waals surface area contributed by atoms with Crippen LogP contribution in [0.1, 0.15) is 32.6 Å². The van der Waals surface area contributed by atoms with Gasteiger partial charge in [0.15, 0.2) is 5.96 Å². The third-order valence-corrected chi connectivity index (χ3v) is 2.70. The van der Waals surface area contributed by atoms with Gasteiger partial charge in [-0.05, 0) is 32.6 Å². The van der Waals surface area contributed by atoms with Crippen LogP contribution < -0.4 is 11.1 Å². The molecule has 0 aromatic heterocycles. The van der Waals surface area contributed by atoms with E-state index in [-0.39, 0.29) is 24.0 Å². The molecule has 94 valence electrons. The third-order valence-electron chi connectivity index (χ3n) is 2.70. The van der Waals surface area contributed by atoms with Crippen molar-refractivity contribution in [3.8, 4) is 0 Å². The molecule has 1 saturated carbocycles. The molecule has 1 aliphatic rings. The van der Waals surface area contributed by atoms with Crippen molar-refractivity contribution in [2.24, 2.45) is 10.7 Å². The fourth-order valence-electron chi connectivity index (χ4n) is 1.53. The quantitative estimate of drug-likeness (QED) is 0.307. The fraction of sp³-hybridized carbons (Fsp3) is 0.727. The van der Waals surface area contributed by atoms with Crippen molar-refractivity contribution >= 4 is 29.9 Å². The van der Waals surface area contributed by atoms with Crippen LogP contribution in [0.2, 0.25) is 0 Å². The Hall–Kier alpha value is -0.300. The number of halogens is 1. The molecule has 16 heavy (non-hydrogen) atoms. The van der Waals surface area contributed by atoms with E-state index >= 15 is 0 Å². The summed E-state index contributed by atoms with van der Waals surface area (Å²) >= 11 is 0. The number of aliphatic hydroxyl groups is 1. The van der Waals surface area contributed by atoms with Gasteiger partial charge in [-0.1, -0.05) is 12.2 Å². The smallest absolute Gasteiger partial charge is 0.188 e. The maximum Gasteiger partial charge on any atom is 0.188 e. The zero-order chi connectivity index (χ0) is 11.3. The molecule has 0 aliphatic heterocycles. The number of nitrogens with one attached hydrogen (secondary N) is 1. The Morgan fingerprint density at radius 2 is 2.19 bits per heavy atom. The first-order valence-electron chi connectivity index (χ1n) is 5.42. The maximum absolute atomic E-state index is 9.81. The lowest BCUT2D eigenvalue weighted by Crippen LogP contribution is -2.42. The Balaban J connectivity index is 0.00000225. The van der Waals surface area contributed by atoms with Crippen LogP contribution in [0.25, 0.3) is 0 Å². The van der Waals surface area contributed by atoms with Crippen LogP contribution in [0.5, 0.6) is 0 Å². The highest BCUT2D eigenvalue weighted by molar-refractivity contribution is 14.0. The third kappa shape index (κ3) is 5.69. The molecule has 0 saturated heterocycles. The molecule has 0 aromatic rings. The zero-order valence-corrected chi connectivity index (χ0v) is 12.2. The van der Waals surface area contributed by atoms with Gasteiger partial charge in [0.05, 0.1) is 12.1 Å². The number of guanidine groups is 1. The highest BCUT2D eigenvalue weighted by Crippen LogP contribution is 2.33. The Labute approximate surface area is 114 Å². The molecule has 1 aliphatic carbocycles. The van der Waals surface area contributed by atoms with E-state index in [9.17, 15) is 5.11 Å². The Kier molecular flexibility index (Phi) is 6.98. The molecule has 0 aromatic carbocycles. The number of nitrogens with zero attached hydrogens (tertiary/aromatic N) is 1. The van der Waals surface area contributed by atoms with Crippen molar-refractivity contribution in [3.05, 3.63) is 12.2 Å². The first-order valence-corrected chi connectivity index (χ1v) is 5.42. The van der Waals surface area contributed by atoms with Gasteiger partial charge < -0.3 is 16.2 Å². The number of hydrogen-bond donors (Lipinski definition) is 3. The Morgan fingerprint density at radius 3 is 2.62 bits per heavy atom. The number of aliphatic imine (C=N–C) groups is 1. The first-order chi connectivity index (χ1) is 7.02. The molecule has 0 radical (unpaired) electrons. The molecule has 1 fully saturated rings. The fourth-order valence-corrected chi connectivity index (χ4v) is 1.53. The summed E-state index contributed by atoms with van der Waals surface area (Å²) in [5.74, 6) is 0.431. The minimum Gasteiger partial charge on any atom is -0.390 e. The Bertz CT molecular complexity index is 262. The predicted octanol–water partition coefficient (Wildman–Crippen LogP) is 1.39. The van der Waals surface area contributed by atoms with Gasteiger partial charge in [-0.25, -0.2) is 4.99 Å². The molecule has 0 bridgehead atoms. The highest BCUT2D eigenvalue weighted by Gasteiger charge is 2.33. The minimum atomic E-state index is -0.443. The maximum atomic E-state index is 9.81. The van der Waals surface area contributed by atoms with Crippen LogP contribution in [0.15, 0.2) is 17.1 Å². The van der Waals surface area contributed by atoms with E-state index in [0.29, 0.717) is 19.0 Å². The normalized spacial score (nSPS) is 18.2. The Morgan fingerprint density at radius 1 is 1.56 bits per heavy atom. The average molecular weight is 339 g/mol. The second kappa shape index (κ2) is 7.11. The van der Waals surface area contributed by atoms with E-state index in [0.717, 1.165) is 31.3 Å². The van der Waals surface area contributed by atoms with Gasteiger partial charge in [0, 0.05) is 6.54 Å². The largest absolute Gasteiger partial charge is 0.390 e. The van der Waals surface area contributed by atoms with Crippen molar-refractivity contribution in [1.29, 1.82) is 0 Å². The van der Waals surface area contributed by atoms with Gasteiger partial charge in [0.2, 0.25) is 0 Å². The molecule has 0 spiro atoms. The van der Waals surface area contributed by atoms with E-state index in [1.54, 1.807) is 0 Å². The van der Waals surface area contributed by atoms with Gasteiger partial charge in [-0.2, -0.15) is 0 Å². The number of hydrogen-bond acceptors (Lipinski definition) is 2. The molecular formula is C11H22IN3O. The summed E-state index contributed by atoms with van der Waals surface area (Å²) in [6, 6.07) is 0. The van der Waals surface area contributed by atoms with Crippen LogP contribution in [-0.2, 0) is 0 Å². The summed E-state index contributed by atoms with van der Waals surface area (Å²) < 4.78 is 0. The lowest BCUT2D eigenvalue weighted by molar-refractivity contribution is -0.0386. The molecule has 5 heteroatoms. The first kappa shape index (κ1) is 15.7. The van der Waals surface area contributed by atoms with E-state index in [1.807, 2.05) is 6.92 Å². The summed E-state index contributed by atoms with van der Waals surface area (Å²) in [7, 11) is 0. The molecule has 4 N–H and O–H groups in total. The van der Waals surface area contributed by atoms with Gasteiger partial charge in [0.1, 0.15) is 0 Å². The second-order valence-corrected chi connectivity index (χ2v) is 4.41. The lowest BCUT2D eigenvalue weighted by Gasteiger charge is -2.36. The van der Waals surface area contributed by atoms with E-state index in [1.165, 1.54) is 0 Å².